The van der Waals surface area contributed by atoms with Crippen molar-refractivity contribution in [2.75, 3.05) is 13.2 Å². The number of aliphatic hydroxyl groups is 1. The van der Waals surface area contributed by atoms with Crippen molar-refractivity contribution >= 4 is 6.29 Å². The van der Waals surface area contributed by atoms with E-state index in [0.717, 1.165) is 34.1 Å². The Morgan fingerprint density at radius 1 is 0.579 bits per heavy atom. The summed E-state index contributed by atoms with van der Waals surface area (Å²) in [4.78, 5) is 12.7. The minimum atomic E-state index is -1.15. The van der Waals surface area contributed by atoms with E-state index >= 15 is 0 Å². The van der Waals surface area contributed by atoms with Crippen molar-refractivity contribution in [2.24, 2.45) is 0 Å². The Balaban J connectivity index is 1.18. The van der Waals surface area contributed by atoms with E-state index in [1.807, 2.05) is 152 Å². The van der Waals surface area contributed by atoms with Gasteiger partial charge in [-0.15, -0.1) is 0 Å². The highest BCUT2D eigenvalue weighted by atomic mass is 16.7. The van der Waals surface area contributed by atoms with E-state index in [2.05, 4.69) is 0 Å². The highest BCUT2D eigenvalue weighted by Gasteiger charge is 2.52. The lowest BCUT2D eigenvalue weighted by Crippen LogP contribution is -2.62. The molecule has 0 radical (unpaired) electrons. The van der Waals surface area contributed by atoms with Gasteiger partial charge in [0.2, 0.25) is 0 Å². The lowest BCUT2D eigenvalue weighted by molar-refractivity contribution is -0.337. The van der Waals surface area contributed by atoms with Gasteiger partial charge in [-0.25, -0.2) is 0 Å². The molecule has 0 saturated carbocycles. The summed E-state index contributed by atoms with van der Waals surface area (Å²) in [7, 11) is 0. The zero-order chi connectivity index (χ0) is 39.1. The van der Waals surface area contributed by atoms with Crippen LogP contribution < -0.4 is 0 Å². The number of carbonyl (C=O) groups is 1. The molecule has 298 valence electrons. The largest absolute Gasteiger partial charge is 0.387 e. The van der Waals surface area contributed by atoms with Gasteiger partial charge in [0.1, 0.15) is 48.8 Å². The molecule has 0 aliphatic carbocycles. The second-order valence-electron chi connectivity index (χ2n) is 14.2. The van der Waals surface area contributed by atoms with E-state index in [9.17, 15) is 9.90 Å². The van der Waals surface area contributed by atoms with Gasteiger partial charge in [-0.1, -0.05) is 152 Å². The fraction of sp³-hybridized carbons (Fsp3) is 0.340. The van der Waals surface area contributed by atoms with Crippen LogP contribution in [-0.4, -0.2) is 79.7 Å². The molecular weight excluding hydrogens is 725 g/mol. The van der Waals surface area contributed by atoms with E-state index in [1.165, 1.54) is 0 Å². The molecule has 10 nitrogen and oxygen atoms in total. The molecule has 7 rings (SSSR count). The summed E-state index contributed by atoms with van der Waals surface area (Å²) >= 11 is 0. The van der Waals surface area contributed by atoms with Crippen LogP contribution in [0.3, 0.4) is 0 Å². The van der Waals surface area contributed by atoms with Crippen LogP contribution in [0.2, 0.25) is 0 Å². The Morgan fingerprint density at radius 2 is 1.04 bits per heavy atom. The van der Waals surface area contributed by atoms with Gasteiger partial charge in [-0.3, -0.25) is 0 Å². The summed E-state index contributed by atoms with van der Waals surface area (Å²) in [5.74, 6) is 0. The third kappa shape index (κ3) is 11.5. The molecule has 0 spiro atoms. The maximum absolute atomic E-state index is 12.7. The number of hydrogen-bond donors (Lipinski definition) is 1. The van der Waals surface area contributed by atoms with Crippen LogP contribution in [-0.2, 0) is 75.7 Å². The highest BCUT2D eigenvalue weighted by molar-refractivity contribution is 5.57. The van der Waals surface area contributed by atoms with Gasteiger partial charge < -0.3 is 47.8 Å². The number of carbonyl (C=O) groups excluding carboxylic acids is 1. The molecule has 2 fully saturated rings. The topological polar surface area (TPSA) is 111 Å². The number of rotatable bonds is 20. The summed E-state index contributed by atoms with van der Waals surface area (Å²) in [6.45, 7) is 1.38. The zero-order valence-electron chi connectivity index (χ0n) is 31.8. The summed E-state index contributed by atoms with van der Waals surface area (Å²) in [6.07, 6.45) is -7.51. The van der Waals surface area contributed by atoms with Gasteiger partial charge in [-0.2, -0.15) is 0 Å². The van der Waals surface area contributed by atoms with Crippen LogP contribution in [0, 0.1) is 0 Å². The second-order valence-corrected chi connectivity index (χ2v) is 14.2. The number of hydrogen-bond acceptors (Lipinski definition) is 10. The second kappa shape index (κ2) is 21.2. The van der Waals surface area contributed by atoms with Crippen LogP contribution in [0.15, 0.2) is 152 Å². The van der Waals surface area contributed by atoms with Gasteiger partial charge in [0.05, 0.1) is 46.2 Å². The Morgan fingerprint density at radius 3 is 1.54 bits per heavy atom. The molecule has 10 heteroatoms. The number of benzene rings is 5. The molecule has 57 heavy (non-hydrogen) atoms. The molecule has 5 aromatic rings. The number of aldehydes is 1. The Labute approximate surface area is 334 Å². The Hall–Kier alpha value is -4.59. The normalized spacial score (nSPS) is 25.2. The summed E-state index contributed by atoms with van der Waals surface area (Å²) in [5, 5.41) is 12.0. The minimum absolute atomic E-state index is 0.0439. The van der Waals surface area contributed by atoms with Crippen LogP contribution in [0.5, 0.6) is 0 Å². The molecule has 0 unspecified atom stereocenters. The average molecular weight is 775 g/mol. The number of aliphatic hydroxyl groups excluding tert-OH is 1. The molecule has 0 amide bonds. The van der Waals surface area contributed by atoms with Gasteiger partial charge in [-0.05, 0) is 27.8 Å². The molecule has 0 aromatic heterocycles. The van der Waals surface area contributed by atoms with Crippen molar-refractivity contribution in [2.45, 2.75) is 88.2 Å². The van der Waals surface area contributed by atoms with E-state index in [-0.39, 0.29) is 39.6 Å². The molecule has 2 heterocycles. The summed E-state index contributed by atoms with van der Waals surface area (Å²) < 4.78 is 51.8. The lowest BCUT2D eigenvalue weighted by atomic mass is 9.97. The van der Waals surface area contributed by atoms with Gasteiger partial charge in [0, 0.05) is 0 Å². The monoisotopic (exact) mass is 774 g/mol. The van der Waals surface area contributed by atoms with E-state index in [0.29, 0.717) is 6.61 Å². The first-order chi connectivity index (χ1) is 28.1. The van der Waals surface area contributed by atoms with Crippen molar-refractivity contribution < 1.29 is 47.8 Å². The first kappa shape index (κ1) is 40.6. The SMILES string of the molecule is O=C[C@H](OCc1ccccc1)[C@H]1OC[C@@H](OCc2ccccc2)[C@@H]1O[C@@H]1O[C@H](COCc2ccccc2)[C@H](O)[C@H](OCc2ccccc2)[C@H]1OCc1ccccc1. The smallest absolute Gasteiger partial charge is 0.187 e. The number of ether oxygens (including phenoxy) is 8. The fourth-order valence-electron chi connectivity index (χ4n) is 7.01. The van der Waals surface area contributed by atoms with Gasteiger partial charge >= 0.3 is 0 Å². The maximum Gasteiger partial charge on any atom is 0.187 e. The third-order valence-corrected chi connectivity index (χ3v) is 10.1. The minimum Gasteiger partial charge on any atom is -0.387 e. The summed E-state index contributed by atoms with van der Waals surface area (Å²) in [5.41, 5.74) is 4.71. The van der Waals surface area contributed by atoms with Crippen molar-refractivity contribution in [3.63, 3.8) is 0 Å². The quantitative estimate of drug-likeness (QED) is 0.0868. The molecule has 2 aliphatic rings. The molecule has 5 aromatic carbocycles. The third-order valence-electron chi connectivity index (χ3n) is 10.1. The Bertz CT molecular complexity index is 1870. The van der Waals surface area contributed by atoms with Crippen LogP contribution >= 0.6 is 0 Å². The lowest BCUT2D eigenvalue weighted by Gasteiger charge is -2.45. The van der Waals surface area contributed by atoms with Crippen molar-refractivity contribution in [1.82, 2.24) is 0 Å². The van der Waals surface area contributed by atoms with Crippen molar-refractivity contribution in [3.8, 4) is 0 Å². The molecule has 9 atom stereocenters. The first-order valence-electron chi connectivity index (χ1n) is 19.4. The average Bonchev–Trinajstić information content (AvgIpc) is 3.66. The van der Waals surface area contributed by atoms with E-state index in [4.69, 9.17) is 37.9 Å². The van der Waals surface area contributed by atoms with Crippen LogP contribution in [0.25, 0.3) is 0 Å². The molecule has 2 saturated heterocycles. The first-order valence-corrected chi connectivity index (χ1v) is 19.4. The van der Waals surface area contributed by atoms with E-state index < -0.39 is 55.1 Å². The fourth-order valence-corrected chi connectivity index (χ4v) is 7.01. The van der Waals surface area contributed by atoms with Crippen molar-refractivity contribution in [1.29, 1.82) is 0 Å². The molecule has 1 N–H and O–H groups in total. The molecule has 0 bridgehead atoms. The standard InChI is InChI=1S/C47H50O10/c48-26-39(51-28-35-18-8-2-9-19-35)43-44(41(33-55-43)52-29-36-20-10-3-11-21-36)57-47-46(54-31-38-24-14-5-15-25-38)45(53-30-37-22-12-4-13-23-37)42(49)40(56-47)32-50-27-34-16-6-1-7-17-34/h1-26,39-47,49H,27-33H2/t39-,40+,41+,42-,43+,44-,45-,46+,47-/m0/s1. The van der Waals surface area contributed by atoms with Gasteiger partial charge in [0.25, 0.3) is 0 Å². The van der Waals surface area contributed by atoms with Crippen molar-refractivity contribution in [3.05, 3.63) is 179 Å². The summed E-state index contributed by atoms with van der Waals surface area (Å²) in [6, 6.07) is 48.7. The molecular formula is C47H50O10. The predicted molar refractivity (Wildman–Crippen MR) is 212 cm³/mol. The van der Waals surface area contributed by atoms with Crippen LogP contribution in [0.1, 0.15) is 27.8 Å². The van der Waals surface area contributed by atoms with Gasteiger partial charge in [0.15, 0.2) is 12.6 Å². The zero-order valence-corrected chi connectivity index (χ0v) is 31.8. The highest BCUT2D eigenvalue weighted by Crippen LogP contribution is 2.34. The Kier molecular flexibility index (Phi) is 15.1. The van der Waals surface area contributed by atoms with Crippen LogP contribution in [0.4, 0.5) is 0 Å². The molecule has 2 aliphatic heterocycles. The maximum atomic E-state index is 12.7. The van der Waals surface area contributed by atoms with E-state index in [1.54, 1.807) is 0 Å². The predicted octanol–water partition coefficient (Wildman–Crippen LogP) is 6.61.